The van der Waals surface area contributed by atoms with Gasteiger partial charge >= 0.3 is 24.1 Å². The Morgan fingerprint density at radius 2 is 1.32 bits per heavy atom. The van der Waals surface area contributed by atoms with Gasteiger partial charge in [-0.3, -0.25) is 14.5 Å². The van der Waals surface area contributed by atoms with Crippen molar-refractivity contribution in [1.82, 2.24) is 20.4 Å². The minimum atomic E-state index is -1.08. The Balaban J connectivity index is 1.91. The number of carbonyl (C=O) groups excluding carboxylic acids is 5. The molecule has 2 aromatic rings. The molecule has 0 aliphatic carbocycles. The van der Waals surface area contributed by atoms with Gasteiger partial charge in [0.25, 0.3) is 0 Å². The zero-order valence-corrected chi connectivity index (χ0v) is 36.2. The van der Waals surface area contributed by atoms with E-state index in [0.717, 1.165) is 11.1 Å². The zero-order chi connectivity index (χ0) is 42.8. The summed E-state index contributed by atoms with van der Waals surface area (Å²) in [5, 5.41) is 5.76. The molecule has 13 heteroatoms. The van der Waals surface area contributed by atoms with Crippen LogP contribution in [0, 0.1) is 5.92 Å². The van der Waals surface area contributed by atoms with Crippen LogP contribution in [0.2, 0.25) is 0 Å². The monoisotopic (exact) mass is 794 g/mol. The predicted molar refractivity (Wildman–Crippen MR) is 219 cm³/mol. The molecule has 4 amide bonds. The van der Waals surface area contributed by atoms with Gasteiger partial charge in [0, 0.05) is 32.6 Å². The topological polar surface area (TPSA) is 153 Å². The molecule has 0 saturated carbocycles. The van der Waals surface area contributed by atoms with Gasteiger partial charge in [-0.15, -0.1) is 0 Å². The van der Waals surface area contributed by atoms with Crippen molar-refractivity contribution < 1.29 is 42.9 Å². The summed E-state index contributed by atoms with van der Waals surface area (Å²) >= 11 is 0. The third-order valence-electron chi connectivity index (χ3n) is 8.46. The van der Waals surface area contributed by atoms with E-state index in [0.29, 0.717) is 31.6 Å². The second-order valence-electron chi connectivity index (χ2n) is 18.6. The first-order chi connectivity index (χ1) is 26.3. The maximum atomic E-state index is 14.4. The van der Waals surface area contributed by atoms with Gasteiger partial charge in [0.2, 0.25) is 5.91 Å². The van der Waals surface area contributed by atoms with Crippen molar-refractivity contribution in [3.8, 4) is 5.75 Å². The van der Waals surface area contributed by atoms with Crippen LogP contribution < -0.4 is 15.4 Å². The van der Waals surface area contributed by atoms with Crippen molar-refractivity contribution in [2.24, 2.45) is 5.92 Å². The van der Waals surface area contributed by atoms with Crippen molar-refractivity contribution in [3.05, 3.63) is 65.7 Å². The van der Waals surface area contributed by atoms with E-state index < -0.39 is 70.4 Å². The third kappa shape index (κ3) is 17.1. The lowest BCUT2D eigenvalue weighted by atomic mass is 10.0. The molecule has 3 rings (SSSR count). The number of nitrogens with zero attached hydrogens (tertiary/aromatic N) is 2. The van der Waals surface area contributed by atoms with Gasteiger partial charge in [-0.25, -0.2) is 14.4 Å². The van der Waals surface area contributed by atoms with E-state index in [1.807, 2.05) is 75.4 Å². The Kier molecular flexibility index (Phi) is 16.0. The van der Waals surface area contributed by atoms with Crippen molar-refractivity contribution in [2.45, 2.75) is 143 Å². The van der Waals surface area contributed by atoms with Gasteiger partial charge < -0.3 is 34.5 Å². The number of urea groups is 1. The number of ether oxygens (including phenoxy) is 4. The van der Waals surface area contributed by atoms with Gasteiger partial charge in [-0.1, -0.05) is 42.5 Å². The van der Waals surface area contributed by atoms with Crippen LogP contribution in [0.5, 0.6) is 5.75 Å². The Labute approximate surface area is 339 Å². The molecular formula is C44H66N4O9. The van der Waals surface area contributed by atoms with Crippen LogP contribution in [-0.4, -0.2) is 100 Å². The lowest BCUT2D eigenvalue weighted by Crippen LogP contribution is -2.54. The summed E-state index contributed by atoms with van der Waals surface area (Å²) in [7, 11) is 0. The first-order valence-corrected chi connectivity index (χ1v) is 19.9. The molecule has 57 heavy (non-hydrogen) atoms. The molecule has 1 aliphatic rings. The molecule has 0 bridgehead atoms. The van der Waals surface area contributed by atoms with Crippen LogP contribution in [0.1, 0.15) is 107 Å². The molecule has 0 aromatic heterocycles. The van der Waals surface area contributed by atoms with Crippen LogP contribution in [0.3, 0.4) is 0 Å². The summed E-state index contributed by atoms with van der Waals surface area (Å²) in [5.74, 6) is -1.99. The number of esters is 2. The summed E-state index contributed by atoms with van der Waals surface area (Å²) in [4.78, 5) is 71.2. The van der Waals surface area contributed by atoms with Gasteiger partial charge in [0.15, 0.2) is 0 Å². The summed E-state index contributed by atoms with van der Waals surface area (Å²) < 4.78 is 23.1. The second-order valence-corrected chi connectivity index (χ2v) is 18.6. The summed E-state index contributed by atoms with van der Waals surface area (Å²) in [6.07, 6.45) is 1.05. The van der Waals surface area contributed by atoms with Gasteiger partial charge in [0.1, 0.15) is 40.2 Å². The SMILES string of the molecule is CC(C)(C)OC(=O)[C@H](CNC(=O)[C@@H]1CCCN1C(=O)OC(C)(C)C)CN(CCc1ccccc1)C(=O)N[C@@H](Cc1ccc(OC(C)(C)C)cc1)C(=O)OC(C)(C)C. The standard InChI is InChI=1S/C44H66N4O9/c1-41(2,3)54-33-22-20-31(21-23-33)27-34(38(51)56-43(7,8)9)46-39(52)47(26-24-30-17-14-13-15-18-30)29-32(37(50)55-42(4,5)6)28-45-36(49)35-19-16-25-48(35)40(53)57-44(10,11)12/h13-15,17-18,20-23,32,34-35H,16,19,24-29H2,1-12H3,(H,45,49)(H,46,52)/t32-,34+,35+/m1/s1. The number of rotatable bonds is 14. The van der Waals surface area contributed by atoms with E-state index in [1.54, 1.807) is 62.3 Å². The largest absolute Gasteiger partial charge is 0.488 e. The number of hydrogen-bond donors (Lipinski definition) is 2. The molecule has 316 valence electrons. The van der Waals surface area contributed by atoms with E-state index in [9.17, 15) is 24.0 Å². The van der Waals surface area contributed by atoms with E-state index in [4.69, 9.17) is 18.9 Å². The maximum Gasteiger partial charge on any atom is 0.410 e. The average molecular weight is 795 g/mol. The van der Waals surface area contributed by atoms with E-state index in [1.165, 1.54) is 9.80 Å². The quantitative estimate of drug-likeness (QED) is 0.155. The van der Waals surface area contributed by atoms with E-state index >= 15 is 0 Å². The van der Waals surface area contributed by atoms with Crippen LogP contribution in [-0.2, 0) is 41.4 Å². The molecular weight excluding hydrogens is 729 g/mol. The summed E-state index contributed by atoms with van der Waals surface area (Å²) in [6, 6.07) is 14.5. The third-order valence-corrected chi connectivity index (χ3v) is 8.46. The molecule has 1 heterocycles. The first-order valence-electron chi connectivity index (χ1n) is 19.9. The highest BCUT2D eigenvalue weighted by Gasteiger charge is 2.38. The van der Waals surface area contributed by atoms with E-state index in [-0.39, 0.29) is 26.1 Å². The Hall–Kier alpha value is -4.81. The number of likely N-dealkylation sites (tertiary alicyclic amines) is 1. The van der Waals surface area contributed by atoms with Crippen LogP contribution in [0.15, 0.2) is 54.6 Å². The molecule has 1 aliphatic heterocycles. The Morgan fingerprint density at radius 1 is 0.737 bits per heavy atom. The lowest BCUT2D eigenvalue weighted by molar-refractivity contribution is -0.161. The predicted octanol–water partition coefficient (Wildman–Crippen LogP) is 6.84. The first kappa shape index (κ1) is 46.6. The smallest absolute Gasteiger partial charge is 0.410 e. The molecule has 13 nitrogen and oxygen atoms in total. The molecule has 0 unspecified atom stereocenters. The highest BCUT2D eigenvalue weighted by Crippen LogP contribution is 2.23. The lowest BCUT2D eigenvalue weighted by Gasteiger charge is -2.32. The maximum absolute atomic E-state index is 14.4. The van der Waals surface area contributed by atoms with Crippen molar-refractivity contribution in [2.75, 3.05) is 26.2 Å². The van der Waals surface area contributed by atoms with Gasteiger partial charge in [-0.2, -0.15) is 0 Å². The van der Waals surface area contributed by atoms with E-state index in [2.05, 4.69) is 10.6 Å². The summed E-state index contributed by atoms with van der Waals surface area (Å²) in [6.45, 7) is 21.9. The Bertz CT molecular complexity index is 1650. The number of nitrogens with one attached hydrogen (secondary N) is 2. The molecule has 3 atom stereocenters. The van der Waals surface area contributed by atoms with Crippen LogP contribution >= 0.6 is 0 Å². The fraction of sp³-hybridized carbons (Fsp3) is 0.614. The van der Waals surface area contributed by atoms with Crippen LogP contribution in [0.25, 0.3) is 0 Å². The highest BCUT2D eigenvalue weighted by atomic mass is 16.6. The minimum Gasteiger partial charge on any atom is -0.488 e. The van der Waals surface area contributed by atoms with Gasteiger partial charge in [0.05, 0.1) is 5.92 Å². The van der Waals surface area contributed by atoms with Crippen molar-refractivity contribution >= 4 is 30.0 Å². The molecule has 1 fully saturated rings. The molecule has 0 spiro atoms. The fourth-order valence-corrected chi connectivity index (χ4v) is 6.07. The van der Waals surface area contributed by atoms with Crippen molar-refractivity contribution in [1.29, 1.82) is 0 Å². The highest BCUT2D eigenvalue weighted by molar-refractivity contribution is 5.87. The Morgan fingerprint density at radius 3 is 1.88 bits per heavy atom. The zero-order valence-electron chi connectivity index (χ0n) is 36.2. The number of carbonyl (C=O) groups is 5. The molecule has 1 saturated heterocycles. The number of benzene rings is 2. The molecule has 2 N–H and O–H groups in total. The summed E-state index contributed by atoms with van der Waals surface area (Å²) in [5.41, 5.74) is -1.08. The second kappa shape index (κ2) is 19.6. The van der Waals surface area contributed by atoms with Crippen LogP contribution in [0.4, 0.5) is 9.59 Å². The fourth-order valence-electron chi connectivity index (χ4n) is 6.07. The molecule has 2 aromatic carbocycles. The van der Waals surface area contributed by atoms with Gasteiger partial charge in [-0.05, 0) is 126 Å². The van der Waals surface area contributed by atoms with Crippen molar-refractivity contribution in [3.63, 3.8) is 0 Å². The number of amides is 4. The minimum absolute atomic E-state index is 0.129. The normalized spacial score (nSPS) is 15.9. The average Bonchev–Trinajstić information content (AvgIpc) is 3.56. The molecule has 0 radical (unpaired) electrons. The number of hydrogen-bond acceptors (Lipinski definition) is 9.